The van der Waals surface area contributed by atoms with E-state index in [1.165, 1.54) is 51.4 Å². The van der Waals surface area contributed by atoms with Gasteiger partial charge in [0.15, 0.2) is 0 Å². The number of hydrogen-bond donors (Lipinski definition) is 0. The van der Waals surface area contributed by atoms with Crippen LogP contribution < -0.4 is 0 Å². The van der Waals surface area contributed by atoms with E-state index in [9.17, 15) is 0 Å². The zero-order valence-electron chi connectivity index (χ0n) is 13.5. The molecule has 0 aromatic heterocycles. The van der Waals surface area contributed by atoms with Crippen LogP contribution >= 0.6 is 0 Å². The highest BCUT2D eigenvalue weighted by Gasteiger charge is 2.20. The minimum atomic E-state index is 0.910. The van der Waals surface area contributed by atoms with E-state index in [0.29, 0.717) is 0 Å². The summed E-state index contributed by atoms with van der Waals surface area (Å²) in [5, 5.41) is 0. The molecule has 108 valence electrons. The summed E-state index contributed by atoms with van der Waals surface area (Å²) in [6.45, 7) is 12.4. The Bertz CT molecular complexity index is 208. The van der Waals surface area contributed by atoms with Crippen LogP contribution in [0.25, 0.3) is 0 Å². The molecule has 0 saturated heterocycles. The van der Waals surface area contributed by atoms with Crippen molar-refractivity contribution in [2.45, 2.75) is 86.0 Å². The van der Waals surface area contributed by atoms with Crippen LogP contribution in [0.4, 0.5) is 0 Å². The second-order valence-corrected chi connectivity index (χ2v) is 7.46. The Morgan fingerprint density at radius 3 is 1.56 bits per heavy atom. The molecule has 0 heteroatoms. The molecule has 0 aromatic carbocycles. The summed E-state index contributed by atoms with van der Waals surface area (Å²) in [7, 11) is 0. The van der Waals surface area contributed by atoms with Crippen molar-refractivity contribution in [2.75, 3.05) is 0 Å². The lowest BCUT2D eigenvalue weighted by atomic mass is 9.79. The monoisotopic (exact) mass is 252 g/mol. The average molecular weight is 252 g/mol. The standard InChI is InChI=1S/C18H36/c1-14-8-6-9-15(2)12-13-17(4)18(5)16(3)11-7-10-14/h14-18H,6-13H2,1-5H3. The molecule has 18 heavy (non-hydrogen) atoms. The third kappa shape index (κ3) is 5.76. The molecule has 5 atom stereocenters. The fourth-order valence-electron chi connectivity index (χ4n) is 3.53. The summed E-state index contributed by atoms with van der Waals surface area (Å²) in [5.41, 5.74) is 0. The first-order valence-electron chi connectivity index (χ1n) is 8.50. The molecule has 0 amide bonds. The maximum Gasteiger partial charge on any atom is -0.0391 e. The molecule has 1 aliphatic rings. The third-order valence-corrected chi connectivity index (χ3v) is 5.66. The summed E-state index contributed by atoms with van der Waals surface area (Å²) in [6, 6.07) is 0. The van der Waals surface area contributed by atoms with Crippen LogP contribution in [0.3, 0.4) is 0 Å². The predicted octanol–water partition coefficient (Wildman–Crippen LogP) is 6.30. The van der Waals surface area contributed by atoms with Crippen molar-refractivity contribution in [1.29, 1.82) is 0 Å². The van der Waals surface area contributed by atoms with Crippen LogP contribution in [0, 0.1) is 29.6 Å². The molecule has 0 aliphatic heterocycles. The Kier molecular flexibility index (Phi) is 7.34. The molecule has 5 unspecified atom stereocenters. The van der Waals surface area contributed by atoms with Crippen molar-refractivity contribution < 1.29 is 0 Å². The van der Waals surface area contributed by atoms with Crippen molar-refractivity contribution in [3.63, 3.8) is 0 Å². The van der Waals surface area contributed by atoms with E-state index in [1.54, 1.807) is 0 Å². The minimum Gasteiger partial charge on any atom is -0.0625 e. The highest BCUT2D eigenvalue weighted by atomic mass is 14.3. The van der Waals surface area contributed by atoms with E-state index in [1.807, 2.05) is 0 Å². The highest BCUT2D eigenvalue weighted by molar-refractivity contribution is 4.71. The lowest BCUT2D eigenvalue weighted by Gasteiger charge is -2.27. The van der Waals surface area contributed by atoms with Gasteiger partial charge >= 0.3 is 0 Å². The van der Waals surface area contributed by atoms with Crippen LogP contribution in [-0.2, 0) is 0 Å². The van der Waals surface area contributed by atoms with Gasteiger partial charge in [-0.25, -0.2) is 0 Å². The van der Waals surface area contributed by atoms with Gasteiger partial charge in [-0.15, -0.1) is 0 Å². The smallest absolute Gasteiger partial charge is 0.0391 e. The fourth-order valence-corrected chi connectivity index (χ4v) is 3.53. The summed E-state index contributed by atoms with van der Waals surface area (Å²) in [5.74, 6) is 4.65. The Balaban J connectivity index is 2.52. The molecule has 0 bridgehead atoms. The zero-order chi connectivity index (χ0) is 13.5. The number of hydrogen-bond acceptors (Lipinski definition) is 0. The Morgan fingerprint density at radius 2 is 0.944 bits per heavy atom. The third-order valence-electron chi connectivity index (χ3n) is 5.66. The fraction of sp³-hybridized carbons (Fsp3) is 1.00. The van der Waals surface area contributed by atoms with Crippen molar-refractivity contribution >= 4 is 0 Å². The van der Waals surface area contributed by atoms with Crippen molar-refractivity contribution in [3.8, 4) is 0 Å². The van der Waals surface area contributed by atoms with E-state index in [0.717, 1.165) is 29.6 Å². The zero-order valence-corrected chi connectivity index (χ0v) is 13.5. The van der Waals surface area contributed by atoms with Gasteiger partial charge < -0.3 is 0 Å². The Labute approximate surface area is 116 Å². The highest BCUT2D eigenvalue weighted by Crippen LogP contribution is 2.31. The molecule has 1 aliphatic carbocycles. The SMILES string of the molecule is CC1CCCC(C)CCC(C)C(C)C(C)CCC1. The quantitative estimate of drug-likeness (QED) is 0.474. The van der Waals surface area contributed by atoms with Crippen LogP contribution in [-0.4, -0.2) is 0 Å². The maximum absolute atomic E-state index is 2.49. The molecule has 1 saturated carbocycles. The van der Waals surface area contributed by atoms with E-state index >= 15 is 0 Å². The van der Waals surface area contributed by atoms with Crippen molar-refractivity contribution in [2.24, 2.45) is 29.6 Å². The topological polar surface area (TPSA) is 0 Å². The van der Waals surface area contributed by atoms with Gasteiger partial charge in [-0.3, -0.25) is 0 Å². The second-order valence-electron chi connectivity index (χ2n) is 7.46. The summed E-state index contributed by atoms with van der Waals surface area (Å²) in [6.07, 6.45) is 11.6. The summed E-state index contributed by atoms with van der Waals surface area (Å²) >= 11 is 0. The molecular formula is C18H36. The second kappa shape index (κ2) is 8.23. The van der Waals surface area contributed by atoms with Gasteiger partial charge in [0.1, 0.15) is 0 Å². The number of rotatable bonds is 0. The van der Waals surface area contributed by atoms with Crippen LogP contribution in [0.15, 0.2) is 0 Å². The minimum absolute atomic E-state index is 0.910. The predicted molar refractivity (Wildman–Crippen MR) is 82.8 cm³/mol. The van der Waals surface area contributed by atoms with Crippen LogP contribution in [0.5, 0.6) is 0 Å². The van der Waals surface area contributed by atoms with E-state index < -0.39 is 0 Å². The average Bonchev–Trinajstić information content (AvgIpc) is 2.34. The summed E-state index contributed by atoms with van der Waals surface area (Å²) < 4.78 is 0. The first-order valence-corrected chi connectivity index (χ1v) is 8.50. The molecule has 0 aromatic rings. The first kappa shape index (κ1) is 16.1. The largest absolute Gasteiger partial charge is 0.0625 e. The van der Waals surface area contributed by atoms with E-state index in [4.69, 9.17) is 0 Å². The normalized spacial score (nSPS) is 41.5. The van der Waals surface area contributed by atoms with Crippen LogP contribution in [0.2, 0.25) is 0 Å². The van der Waals surface area contributed by atoms with Gasteiger partial charge in [0.05, 0.1) is 0 Å². The van der Waals surface area contributed by atoms with E-state index in [-0.39, 0.29) is 0 Å². The van der Waals surface area contributed by atoms with Gasteiger partial charge in [-0.1, -0.05) is 86.0 Å². The van der Waals surface area contributed by atoms with Gasteiger partial charge in [-0.05, 0) is 29.6 Å². The van der Waals surface area contributed by atoms with Crippen molar-refractivity contribution in [1.82, 2.24) is 0 Å². The maximum atomic E-state index is 2.49. The molecule has 0 N–H and O–H groups in total. The Hall–Kier alpha value is 0. The lowest BCUT2D eigenvalue weighted by Crippen LogP contribution is -2.17. The molecule has 0 nitrogen and oxygen atoms in total. The van der Waals surface area contributed by atoms with Gasteiger partial charge in [-0.2, -0.15) is 0 Å². The van der Waals surface area contributed by atoms with Crippen LogP contribution in [0.1, 0.15) is 86.0 Å². The van der Waals surface area contributed by atoms with Gasteiger partial charge in [0.2, 0.25) is 0 Å². The van der Waals surface area contributed by atoms with E-state index in [2.05, 4.69) is 34.6 Å². The Morgan fingerprint density at radius 1 is 0.500 bits per heavy atom. The summed E-state index contributed by atoms with van der Waals surface area (Å²) in [4.78, 5) is 0. The molecule has 1 fully saturated rings. The van der Waals surface area contributed by atoms with Gasteiger partial charge in [0.25, 0.3) is 0 Å². The molecule has 0 radical (unpaired) electrons. The molecule has 1 rings (SSSR count). The molecule has 0 spiro atoms. The van der Waals surface area contributed by atoms with Gasteiger partial charge in [0, 0.05) is 0 Å². The van der Waals surface area contributed by atoms with Crippen molar-refractivity contribution in [3.05, 3.63) is 0 Å². The first-order chi connectivity index (χ1) is 8.50. The lowest BCUT2D eigenvalue weighted by molar-refractivity contribution is 0.237. The molecule has 0 heterocycles. The molecular weight excluding hydrogens is 216 g/mol.